The molecule has 2 amide bonds. The fourth-order valence-electron chi connectivity index (χ4n) is 3.00. The van der Waals surface area contributed by atoms with Gasteiger partial charge in [0.15, 0.2) is 5.82 Å². The second-order valence-corrected chi connectivity index (χ2v) is 7.19. The minimum absolute atomic E-state index is 0.123. The molecular weight excluding hydrogens is 346 g/mol. The molecule has 0 saturated carbocycles. The highest BCUT2D eigenvalue weighted by Crippen LogP contribution is 2.14. The SMILES string of the molecule is CC(C)Cc1noc([C@@H](C)NC(=O)N2CCCN(c3ncccn3)CC2)n1. The zero-order chi connectivity index (χ0) is 19.2. The Bertz CT molecular complexity index is 734. The van der Waals surface area contributed by atoms with Crippen molar-refractivity contribution in [3.05, 3.63) is 30.2 Å². The highest BCUT2D eigenvalue weighted by atomic mass is 16.5. The number of anilines is 1. The minimum atomic E-state index is -0.331. The van der Waals surface area contributed by atoms with Crippen LogP contribution < -0.4 is 10.2 Å². The van der Waals surface area contributed by atoms with E-state index in [0.717, 1.165) is 19.4 Å². The Morgan fingerprint density at radius 2 is 1.96 bits per heavy atom. The Hall–Kier alpha value is -2.71. The lowest BCUT2D eigenvalue weighted by molar-refractivity contribution is 0.195. The Balaban J connectivity index is 1.54. The molecule has 0 radical (unpaired) electrons. The molecule has 2 aromatic rings. The molecule has 0 spiro atoms. The molecule has 0 bridgehead atoms. The summed E-state index contributed by atoms with van der Waals surface area (Å²) in [6, 6.07) is 1.34. The van der Waals surface area contributed by atoms with Crippen LogP contribution in [0.25, 0.3) is 0 Å². The highest BCUT2D eigenvalue weighted by Gasteiger charge is 2.23. The minimum Gasteiger partial charge on any atom is -0.339 e. The largest absolute Gasteiger partial charge is 0.339 e. The monoisotopic (exact) mass is 373 g/mol. The van der Waals surface area contributed by atoms with Crippen molar-refractivity contribution < 1.29 is 9.32 Å². The third-order valence-corrected chi connectivity index (χ3v) is 4.40. The predicted octanol–water partition coefficient (Wildman–Crippen LogP) is 2.04. The summed E-state index contributed by atoms with van der Waals surface area (Å²) in [6.07, 6.45) is 5.08. The van der Waals surface area contributed by atoms with Gasteiger partial charge >= 0.3 is 6.03 Å². The van der Waals surface area contributed by atoms with Gasteiger partial charge in [0.25, 0.3) is 0 Å². The number of urea groups is 1. The van der Waals surface area contributed by atoms with Crippen LogP contribution in [0.3, 0.4) is 0 Å². The van der Waals surface area contributed by atoms with Crippen molar-refractivity contribution in [2.45, 2.75) is 39.7 Å². The van der Waals surface area contributed by atoms with Crippen LogP contribution in [0, 0.1) is 5.92 Å². The molecule has 0 unspecified atom stereocenters. The van der Waals surface area contributed by atoms with Crippen LogP contribution in [0.15, 0.2) is 23.0 Å². The third kappa shape index (κ3) is 5.15. The molecule has 2 aromatic heterocycles. The lowest BCUT2D eigenvalue weighted by atomic mass is 10.1. The summed E-state index contributed by atoms with van der Waals surface area (Å²) in [6.45, 7) is 8.88. The lowest BCUT2D eigenvalue weighted by Crippen LogP contribution is -2.43. The first kappa shape index (κ1) is 19.1. The van der Waals surface area contributed by atoms with Gasteiger partial charge in [-0.15, -0.1) is 0 Å². The summed E-state index contributed by atoms with van der Waals surface area (Å²) in [5, 5.41) is 6.94. The van der Waals surface area contributed by atoms with Crippen LogP contribution in [-0.2, 0) is 6.42 Å². The van der Waals surface area contributed by atoms with Crippen molar-refractivity contribution in [2.24, 2.45) is 5.92 Å². The van der Waals surface area contributed by atoms with Crippen LogP contribution in [-0.4, -0.2) is 57.2 Å². The maximum Gasteiger partial charge on any atom is 0.318 e. The van der Waals surface area contributed by atoms with Gasteiger partial charge in [-0.1, -0.05) is 19.0 Å². The summed E-state index contributed by atoms with van der Waals surface area (Å²) in [4.78, 5) is 29.5. The van der Waals surface area contributed by atoms with Gasteiger partial charge in [0.1, 0.15) is 6.04 Å². The van der Waals surface area contributed by atoms with Gasteiger partial charge in [-0.05, 0) is 25.3 Å². The molecule has 0 aromatic carbocycles. The molecule has 1 aliphatic rings. The maximum absolute atomic E-state index is 12.6. The Labute approximate surface area is 159 Å². The van der Waals surface area contributed by atoms with E-state index in [1.165, 1.54) is 0 Å². The fourth-order valence-corrected chi connectivity index (χ4v) is 3.00. The molecule has 3 heterocycles. The number of carbonyl (C=O) groups is 1. The second kappa shape index (κ2) is 8.79. The van der Waals surface area contributed by atoms with Crippen molar-refractivity contribution in [3.63, 3.8) is 0 Å². The van der Waals surface area contributed by atoms with Crippen molar-refractivity contribution >= 4 is 12.0 Å². The quantitative estimate of drug-likeness (QED) is 0.856. The number of nitrogens with one attached hydrogen (secondary N) is 1. The van der Waals surface area contributed by atoms with Crippen molar-refractivity contribution in [1.82, 2.24) is 30.3 Å². The molecule has 1 aliphatic heterocycles. The molecule has 1 N–H and O–H groups in total. The molecule has 27 heavy (non-hydrogen) atoms. The number of nitrogens with zero attached hydrogens (tertiary/aromatic N) is 6. The summed E-state index contributed by atoms with van der Waals surface area (Å²) in [5.74, 6) is 2.27. The van der Waals surface area contributed by atoms with Gasteiger partial charge in [0.05, 0.1) is 0 Å². The van der Waals surface area contributed by atoms with Gasteiger partial charge in [0, 0.05) is 45.0 Å². The number of hydrogen-bond donors (Lipinski definition) is 1. The van der Waals surface area contributed by atoms with Gasteiger partial charge in [0.2, 0.25) is 11.8 Å². The van der Waals surface area contributed by atoms with E-state index in [2.05, 4.69) is 44.2 Å². The Kier molecular flexibility index (Phi) is 6.20. The molecule has 1 saturated heterocycles. The third-order valence-electron chi connectivity index (χ3n) is 4.40. The van der Waals surface area contributed by atoms with E-state index in [4.69, 9.17) is 4.52 Å². The number of amides is 2. The van der Waals surface area contributed by atoms with E-state index < -0.39 is 0 Å². The van der Waals surface area contributed by atoms with Gasteiger partial charge in [-0.25, -0.2) is 14.8 Å². The van der Waals surface area contributed by atoms with Crippen LogP contribution in [0.1, 0.15) is 44.9 Å². The first-order valence-electron chi connectivity index (χ1n) is 9.43. The molecule has 1 fully saturated rings. The van der Waals surface area contributed by atoms with E-state index in [9.17, 15) is 4.79 Å². The topological polar surface area (TPSA) is 100 Å². The van der Waals surface area contributed by atoms with Gasteiger partial charge in [-0.2, -0.15) is 4.98 Å². The van der Waals surface area contributed by atoms with Crippen molar-refractivity contribution in [2.75, 3.05) is 31.1 Å². The fraction of sp³-hybridized carbons (Fsp3) is 0.611. The standard InChI is InChI=1S/C18H27N7O2/c1-13(2)12-15-22-16(27-23-15)14(3)21-18(26)25-9-5-8-24(10-11-25)17-19-6-4-7-20-17/h4,6-7,13-14H,5,8-12H2,1-3H3,(H,21,26)/t14-/m1/s1. The second-order valence-electron chi connectivity index (χ2n) is 7.19. The summed E-state index contributed by atoms with van der Waals surface area (Å²) in [7, 11) is 0. The van der Waals surface area contributed by atoms with Crippen LogP contribution >= 0.6 is 0 Å². The summed E-state index contributed by atoms with van der Waals surface area (Å²) in [5.41, 5.74) is 0. The Morgan fingerprint density at radius 1 is 1.19 bits per heavy atom. The molecule has 9 nitrogen and oxygen atoms in total. The van der Waals surface area contributed by atoms with Crippen LogP contribution in [0.5, 0.6) is 0 Å². The number of aromatic nitrogens is 4. The van der Waals surface area contributed by atoms with Crippen molar-refractivity contribution in [3.8, 4) is 0 Å². The number of carbonyl (C=O) groups excluding carboxylic acids is 1. The first-order chi connectivity index (χ1) is 13.0. The highest BCUT2D eigenvalue weighted by molar-refractivity contribution is 5.74. The average molecular weight is 373 g/mol. The van der Waals surface area contributed by atoms with E-state index >= 15 is 0 Å². The smallest absolute Gasteiger partial charge is 0.318 e. The molecule has 9 heteroatoms. The van der Waals surface area contributed by atoms with Gasteiger partial charge < -0.3 is 19.6 Å². The zero-order valence-corrected chi connectivity index (χ0v) is 16.1. The van der Waals surface area contributed by atoms with E-state index in [1.54, 1.807) is 18.5 Å². The van der Waals surface area contributed by atoms with E-state index in [0.29, 0.717) is 43.2 Å². The summed E-state index contributed by atoms with van der Waals surface area (Å²) < 4.78 is 5.30. The zero-order valence-electron chi connectivity index (χ0n) is 16.1. The molecule has 0 aliphatic carbocycles. The van der Waals surface area contributed by atoms with E-state index in [1.807, 2.05) is 11.8 Å². The number of hydrogen-bond acceptors (Lipinski definition) is 7. The molecule has 146 valence electrons. The lowest BCUT2D eigenvalue weighted by Gasteiger charge is -2.23. The molecular formula is C18H27N7O2. The number of rotatable bonds is 5. The summed E-state index contributed by atoms with van der Waals surface area (Å²) >= 11 is 0. The Morgan fingerprint density at radius 3 is 2.70 bits per heavy atom. The van der Waals surface area contributed by atoms with Crippen molar-refractivity contribution in [1.29, 1.82) is 0 Å². The molecule has 3 rings (SSSR count). The maximum atomic E-state index is 12.6. The normalized spacial score (nSPS) is 16.3. The predicted molar refractivity (Wildman–Crippen MR) is 100 cm³/mol. The van der Waals surface area contributed by atoms with Crippen LogP contribution in [0.4, 0.5) is 10.7 Å². The van der Waals surface area contributed by atoms with Gasteiger partial charge in [-0.3, -0.25) is 0 Å². The van der Waals surface area contributed by atoms with E-state index in [-0.39, 0.29) is 12.1 Å². The molecule has 1 atom stereocenters. The average Bonchev–Trinajstić information content (AvgIpc) is 2.97. The first-order valence-corrected chi connectivity index (χ1v) is 9.43. The van der Waals surface area contributed by atoms with Crippen LogP contribution in [0.2, 0.25) is 0 Å².